The van der Waals surface area contributed by atoms with E-state index in [1.165, 1.54) is 19.3 Å². The molecule has 5 heteroatoms. The van der Waals surface area contributed by atoms with Crippen LogP contribution < -0.4 is 0 Å². The molecule has 0 amide bonds. The fourth-order valence-electron chi connectivity index (χ4n) is 3.09. The second kappa shape index (κ2) is 8.51. The first-order chi connectivity index (χ1) is 10.2. The van der Waals surface area contributed by atoms with Gasteiger partial charge < -0.3 is 15.1 Å². The minimum Gasteiger partial charge on any atom is -0.481 e. The predicted molar refractivity (Wildman–Crippen MR) is 84.6 cm³/mol. The Morgan fingerprint density at radius 1 is 1.43 bits per heavy atom. The molecule has 1 saturated heterocycles. The lowest BCUT2D eigenvalue weighted by molar-refractivity contribution is -0.137. The van der Waals surface area contributed by atoms with Crippen LogP contribution in [0.15, 0.2) is 17.5 Å². The Bertz CT molecular complexity index is 421. The SMILES string of the molecule is O=C(O)CCCN1CCCCC[C@@H]1C[C@H](O)c1cccs1. The molecule has 2 atom stereocenters. The molecule has 1 fully saturated rings. The number of aliphatic carboxylic acids is 1. The summed E-state index contributed by atoms with van der Waals surface area (Å²) in [6, 6.07) is 4.33. The van der Waals surface area contributed by atoms with Crippen molar-refractivity contribution in [1.82, 2.24) is 4.90 Å². The van der Waals surface area contributed by atoms with Gasteiger partial charge in [-0.05, 0) is 50.2 Å². The summed E-state index contributed by atoms with van der Waals surface area (Å²) in [5.74, 6) is -0.722. The van der Waals surface area contributed by atoms with E-state index in [4.69, 9.17) is 5.11 Å². The third-order valence-electron chi connectivity index (χ3n) is 4.20. The second-order valence-electron chi connectivity index (χ2n) is 5.80. The van der Waals surface area contributed by atoms with Crippen LogP contribution in [0.5, 0.6) is 0 Å². The van der Waals surface area contributed by atoms with Crippen LogP contribution in [0.25, 0.3) is 0 Å². The Morgan fingerprint density at radius 3 is 3.00 bits per heavy atom. The molecular formula is C16H25NO3S. The Hall–Kier alpha value is -0.910. The van der Waals surface area contributed by atoms with Gasteiger partial charge in [-0.2, -0.15) is 0 Å². The standard InChI is InChI=1S/C16H25NO3S/c18-14(15-7-5-11-21-15)12-13-6-2-1-3-9-17(13)10-4-8-16(19)20/h5,7,11,13-14,18H,1-4,6,8-10,12H2,(H,19,20)/t13-,14+/m1/s1. The summed E-state index contributed by atoms with van der Waals surface area (Å²) in [4.78, 5) is 14.1. The highest BCUT2D eigenvalue weighted by Gasteiger charge is 2.24. The van der Waals surface area contributed by atoms with Gasteiger partial charge in [0.2, 0.25) is 0 Å². The number of thiophene rings is 1. The second-order valence-corrected chi connectivity index (χ2v) is 6.78. The van der Waals surface area contributed by atoms with E-state index >= 15 is 0 Å². The molecule has 118 valence electrons. The molecule has 1 aromatic rings. The van der Waals surface area contributed by atoms with Crippen molar-refractivity contribution in [2.24, 2.45) is 0 Å². The van der Waals surface area contributed by atoms with Crippen LogP contribution in [0.3, 0.4) is 0 Å². The van der Waals surface area contributed by atoms with Gasteiger partial charge in [-0.25, -0.2) is 0 Å². The Morgan fingerprint density at radius 2 is 2.29 bits per heavy atom. The van der Waals surface area contributed by atoms with E-state index in [1.807, 2.05) is 17.5 Å². The minimum absolute atomic E-state index is 0.233. The summed E-state index contributed by atoms with van der Waals surface area (Å²) < 4.78 is 0. The lowest BCUT2D eigenvalue weighted by atomic mass is 10.0. The first kappa shape index (κ1) is 16.5. The normalized spacial score (nSPS) is 21.9. The van der Waals surface area contributed by atoms with Crippen LogP contribution in [0.1, 0.15) is 55.9 Å². The van der Waals surface area contributed by atoms with Gasteiger partial charge in [0.15, 0.2) is 0 Å². The van der Waals surface area contributed by atoms with Crippen LogP contribution in [0.4, 0.5) is 0 Å². The predicted octanol–water partition coefficient (Wildman–Crippen LogP) is 3.28. The van der Waals surface area contributed by atoms with Crippen molar-refractivity contribution in [2.75, 3.05) is 13.1 Å². The van der Waals surface area contributed by atoms with Crippen molar-refractivity contribution < 1.29 is 15.0 Å². The molecule has 2 N–H and O–H groups in total. The molecule has 2 heterocycles. The van der Waals surface area contributed by atoms with Gasteiger partial charge in [-0.3, -0.25) is 4.79 Å². The van der Waals surface area contributed by atoms with Crippen LogP contribution in [-0.2, 0) is 4.79 Å². The lowest BCUT2D eigenvalue weighted by Crippen LogP contribution is -2.37. The Kier molecular flexibility index (Phi) is 6.67. The maximum atomic E-state index is 10.7. The van der Waals surface area contributed by atoms with E-state index < -0.39 is 12.1 Å². The minimum atomic E-state index is -0.722. The van der Waals surface area contributed by atoms with Crippen LogP contribution >= 0.6 is 11.3 Å². The molecule has 0 aromatic carbocycles. The van der Waals surface area contributed by atoms with E-state index in [9.17, 15) is 9.90 Å². The monoisotopic (exact) mass is 311 g/mol. The maximum absolute atomic E-state index is 10.7. The lowest BCUT2D eigenvalue weighted by Gasteiger charge is -2.31. The summed E-state index contributed by atoms with van der Waals surface area (Å²) in [5.41, 5.74) is 0. The Balaban J connectivity index is 1.90. The topological polar surface area (TPSA) is 60.8 Å². The van der Waals surface area contributed by atoms with Crippen molar-refractivity contribution in [3.8, 4) is 0 Å². The molecule has 0 bridgehead atoms. The van der Waals surface area contributed by atoms with Crippen molar-refractivity contribution in [1.29, 1.82) is 0 Å². The molecule has 21 heavy (non-hydrogen) atoms. The molecule has 0 aliphatic carbocycles. The number of nitrogens with zero attached hydrogens (tertiary/aromatic N) is 1. The average Bonchev–Trinajstić information content (AvgIpc) is 2.89. The van der Waals surface area contributed by atoms with Gasteiger partial charge in [0.1, 0.15) is 0 Å². The quantitative estimate of drug-likeness (QED) is 0.811. The average molecular weight is 311 g/mol. The number of carbonyl (C=O) groups is 1. The van der Waals surface area contributed by atoms with Crippen molar-refractivity contribution in [2.45, 2.75) is 57.1 Å². The molecule has 1 aliphatic rings. The van der Waals surface area contributed by atoms with Crippen molar-refractivity contribution >= 4 is 17.3 Å². The van der Waals surface area contributed by atoms with Crippen LogP contribution in [-0.4, -0.2) is 40.2 Å². The van der Waals surface area contributed by atoms with Gasteiger partial charge >= 0.3 is 5.97 Å². The summed E-state index contributed by atoms with van der Waals surface area (Å²) >= 11 is 1.60. The third kappa shape index (κ3) is 5.41. The zero-order valence-corrected chi connectivity index (χ0v) is 13.2. The number of aliphatic hydroxyl groups is 1. The first-order valence-corrected chi connectivity index (χ1v) is 8.72. The van der Waals surface area contributed by atoms with Gasteiger partial charge in [0.25, 0.3) is 0 Å². The number of hydrogen-bond acceptors (Lipinski definition) is 4. The fraction of sp³-hybridized carbons (Fsp3) is 0.688. The number of carboxylic acids is 1. The highest BCUT2D eigenvalue weighted by atomic mass is 32.1. The number of likely N-dealkylation sites (tertiary alicyclic amines) is 1. The molecule has 0 saturated carbocycles. The van der Waals surface area contributed by atoms with Gasteiger partial charge in [0.05, 0.1) is 6.10 Å². The molecule has 1 aliphatic heterocycles. The van der Waals surface area contributed by atoms with Crippen molar-refractivity contribution in [3.63, 3.8) is 0 Å². The fourth-order valence-corrected chi connectivity index (χ4v) is 3.81. The zero-order chi connectivity index (χ0) is 15.1. The molecule has 2 rings (SSSR count). The van der Waals surface area contributed by atoms with E-state index in [1.54, 1.807) is 11.3 Å². The van der Waals surface area contributed by atoms with Crippen LogP contribution in [0, 0.1) is 0 Å². The number of aliphatic hydroxyl groups excluding tert-OH is 1. The highest BCUT2D eigenvalue weighted by molar-refractivity contribution is 7.10. The van der Waals surface area contributed by atoms with Gasteiger partial charge in [-0.15, -0.1) is 11.3 Å². The molecular weight excluding hydrogens is 286 g/mol. The number of carboxylic acid groups (broad SMARTS) is 1. The number of hydrogen-bond donors (Lipinski definition) is 2. The Labute approximate surface area is 130 Å². The summed E-state index contributed by atoms with van der Waals surface area (Å²) in [7, 11) is 0. The highest BCUT2D eigenvalue weighted by Crippen LogP contribution is 2.28. The number of rotatable bonds is 7. The van der Waals surface area contributed by atoms with E-state index in [2.05, 4.69) is 4.90 Å². The summed E-state index contributed by atoms with van der Waals surface area (Å²) in [6.07, 6.45) is 6.02. The summed E-state index contributed by atoms with van der Waals surface area (Å²) in [6.45, 7) is 1.86. The third-order valence-corrected chi connectivity index (χ3v) is 5.18. The first-order valence-electron chi connectivity index (χ1n) is 7.84. The zero-order valence-electron chi connectivity index (χ0n) is 12.4. The van der Waals surface area contributed by atoms with Gasteiger partial charge in [0, 0.05) is 17.3 Å². The smallest absolute Gasteiger partial charge is 0.303 e. The molecule has 0 radical (unpaired) electrons. The van der Waals surface area contributed by atoms with E-state index in [-0.39, 0.29) is 6.42 Å². The van der Waals surface area contributed by atoms with Crippen LogP contribution in [0.2, 0.25) is 0 Å². The largest absolute Gasteiger partial charge is 0.481 e. The molecule has 0 unspecified atom stereocenters. The molecule has 0 spiro atoms. The maximum Gasteiger partial charge on any atom is 0.303 e. The summed E-state index contributed by atoms with van der Waals surface area (Å²) in [5, 5.41) is 21.1. The van der Waals surface area contributed by atoms with E-state index in [0.29, 0.717) is 12.5 Å². The molecule has 1 aromatic heterocycles. The molecule has 4 nitrogen and oxygen atoms in total. The van der Waals surface area contributed by atoms with Gasteiger partial charge in [-0.1, -0.05) is 18.9 Å². The van der Waals surface area contributed by atoms with Crippen molar-refractivity contribution in [3.05, 3.63) is 22.4 Å². The van der Waals surface area contributed by atoms with E-state index in [0.717, 1.165) is 30.8 Å².